The molecule has 0 aliphatic carbocycles. The van der Waals surface area contributed by atoms with E-state index in [0.29, 0.717) is 11.4 Å². The molecule has 3 rings (SSSR count). The SMILES string of the molecule is CC(C)C[C@H](NC(=O)OCc1ccccc1)C(=O)N[C@@H](Cc1ccccc1)C(=O)NCC(=O)c1nccs1. The minimum atomic E-state index is -0.967. The number of nitrogens with one attached hydrogen (secondary N) is 3. The normalized spacial score (nSPS) is 12.3. The molecule has 3 aromatic rings. The van der Waals surface area contributed by atoms with Gasteiger partial charge in [0, 0.05) is 18.0 Å². The number of aromatic nitrogens is 1. The van der Waals surface area contributed by atoms with E-state index in [0.717, 1.165) is 11.1 Å². The predicted molar refractivity (Wildman–Crippen MR) is 145 cm³/mol. The van der Waals surface area contributed by atoms with Gasteiger partial charge in [-0.25, -0.2) is 9.78 Å². The number of Topliss-reactive ketones (excluding diaryl/α,β-unsaturated/α-hetero) is 1. The quantitative estimate of drug-likeness (QED) is 0.287. The third-order valence-electron chi connectivity index (χ3n) is 5.54. The van der Waals surface area contributed by atoms with Gasteiger partial charge in [0.2, 0.25) is 17.6 Å². The monoisotopic (exact) mass is 536 g/mol. The van der Waals surface area contributed by atoms with E-state index >= 15 is 0 Å². The topological polar surface area (TPSA) is 126 Å². The van der Waals surface area contributed by atoms with Crippen LogP contribution in [0.2, 0.25) is 0 Å². The van der Waals surface area contributed by atoms with Crippen molar-refractivity contribution in [2.24, 2.45) is 5.92 Å². The van der Waals surface area contributed by atoms with E-state index in [1.165, 1.54) is 17.5 Å². The van der Waals surface area contributed by atoms with Crippen LogP contribution in [0.15, 0.2) is 72.2 Å². The van der Waals surface area contributed by atoms with Crippen LogP contribution in [0.5, 0.6) is 0 Å². The Bertz CT molecular complexity index is 1190. The smallest absolute Gasteiger partial charge is 0.408 e. The number of hydrogen-bond acceptors (Lipinski definition) is 7. The minimum absolute atomic E-state index is 0.0643. The highest BCUT2D eigenvalue weighted by Gasteiger charge is 2.28. The Balaban J connectivity index is 1.66. The standard InChI is InChI=1S/C28H32N4O5S/c1-19(2)15-22(32-28(36)37-18-21-11-7-4-8-12-21)26(35)31-23(16-20-9-5-3-6-10-20)25(34)30-17-24(33)27-29-13-14-38-27/h3-14,19,22-23H,15-18H2,1-2H3,(H,30,34)(H,31,35)(H,32,36)/t22-,23-/m0/s1. The number of benzene rings is 2. The Hall–Kier alpha value is -4.05. The number of rotatable bonds is 13. The Morgan fingerprint density at radius 1 is 0.868 bits per heavy atom. The van der Waals surface area contributed by atoms with E-state index in [2.05, 4.69) is 20.9 Å². The van der Waals surface area contributed by atoms with Gasteiger partial charge in [-0.15, -0.1) is 11.3 Å². The molecule has 2 aromatic carbocycles. The van der Waals surface area contributed by atoms with Crippen molar-refractivity contribution in [1.29, 1.82) is 0 Å². The molecule has 9 nitrogen and oxygen atoms in total. The van der Waals surface area contributed by atoms with Gasteiger partial charge < -0.3 is 20.7 Å². The van der Waals surface area contributed by atoms with Crippen LogP contribution in [0, 0.1) is 5.92 Å². The highest BCUT2D eigenvalue weighted by Crippen LogP contribution is 2.10. The summed E-state index contributed by atoms with van der Waals surface area (Å²) in [5.74, 6) is -1.27. The molecule has 3 amide bonds. The first-order chi connectivity index (χ1) is 18.3. The van der Waals surface area contributed by atoms with Gasteiger partial charge in [-0.1, -0.05) is 74.5 Å². The summed E-state index contributed by atoms with van der Waals surface area (Å²) in [6.07, 6.45) is 1.34. The fourth-order valence-electron chi connectivity index (χ4n) is 3.67. The first kappa shape index (κ1) is 28.5. The molecule has 10 heteroatoms. The molecule has 3 N–H and O–H groups in total. The lowest BCUT2D eigenvalue weighted by molar-refractivity contribution is -0.130. The second-order valence-corrected chi connectivity index (χ2v) is 10.0. The van der Waals surface area contributed by atoms with Gasteiger partial charge in [-0.3, -0.25) is 14.4 Å². The second-order valence-electron chi connectivity index (χ2n) is 9.12. The van der Waals surface area contributed by atoms with Crippen LogP contribution in [-0.4, -0.2) is 47.3 Å². The Morgan fingerprint density at radius 3 is 2.13 bits per heavy atom. The Kier molecular flexibility index (Phi) is 11.0. The Morgan fingerprint density at radius 2 is 1.53 bits per heavy atom. The summed E-state index contributed by atoms with van der Waals surface area (Å²) in [7, 11) is 0. The van der Waals surface area contributed by atoms with E-state index < -0.39 is 30.0 Å². The highest BCUT2D eigenvalue weighted by molar-refractivity contribution is 7.11. The van der Waals surface area contributed by atoms with Crippen molar-refractivity contribution in [1.82, 2.24) is 20.9 Å². The van der Waals surface area contributed by atoms with Crippen LogP contribution in [0.3, 0.4) is 0 Å². The van der Waals surface area contributed by atoms with Gasteiger partial charge >= 0.3 is 6.09 Å². The number of thiazole rings is 1. The molecular weight excluding hydrogens is 504 g/mol. The van der Waals surface area contributed by atoms with E-state index in [1.807, 2.05) is 74.5 Å². The molecule has 2 atom stereocenters. The maximum Gasteiger partial charge on any atom is 0.408 e. The number of nitrogens with zero attached hydrogens (tertiary/aromatic N) is 1. The zero-order chi connectivity index (χ0) is 27.3. The summed E-state index contributed by atoms with van der Waals surface area (Å²) in [5.41, 5.74) is 1.65. The molecule has 1 aromatic heterocycles. The van der Waals surface area contributed by atoms with Gasteiger partial charge in [0.25, 0.3) is 0 Å². The van der Waals surface area contributed by atoms with Crippen molar-refractivity contribution in [3.63, 3.8) is 0 Å². The van der Waals surface area contributed by atoms with Crippen molar-refractivity contribution < 1.29 is 23.9 Å². The highest BCUT2D eigenvalue weighted by atomic mass is 32.1. The second kappa shape index (κ2) is 14.6. The van der Waals surface area contributed by atoms with E-state index in [1.54, 1.807) is 5.38 Å². The van der Waals surface area contributed by atoms with E-state index in [9.17, 15) is 19.2 Å². The third-order valence-corrected chi connectivity index (χ3v) is 6.35. The molecule has 200 valence electrons. The first-order valence-electron chi connectivity index (χ1n) is 12.3. The van der Waals surface area contributed by atoms with Crippen molar-refractivity contribution in [3.05, 3.63) is 88.4 Å². The van der Waals surface area contributed by atoms with Crippen LogP contribution in [-0.2, 0) is 27.4 Å². The summed E-state index contributed by atoms with van der Waals surface area (Å²) in [5, 5.41) is 9.98. The summed E-state index contributed by atoms with van der Waals surface area (Å²) < 4.78 is 5.29. The number of carbonyl (C=O) groups excluding carboxylic acids is 4. The van der Waals surface area contributed by atoms with Crippen LogP contribution in [0.4, 0.5) is 4.79 Å². The lowest BCUT2D eigenvalue weighted by Crippen LogP contribution is -2.55. The number of carbonyl (C=O) groups is 4. The maximum atomic E-state index is 13.3. The molecule has 0 saturated heterocycles. The maximum absolute atomic E-state index is 13.3. The van der Waals surface area contributed by atoms with Gasteiger partial charge in [0.1, 0.15) is 18.7 Å². The zero-order valence-electron chi connectivity index (χ0n) is 21.4. The molecule has 0 aliphatic rings. The Labute approximate surface area is 226 Å². The number of amides is 3. The minimum Gasteiger partial charge on any atom is -0.445 e. The fourth-order valence-corrected chi connectivity index (χ4v) is 4.24. The molecule has 1 heterocycles. The predicted octanol–water partition coefficient (Wildman–Crippen LogP) is 3.51. The average molecular weight is 537 g/mol. The molecule has 0 unspecified atom stereocenters. The van der Waals surface area contributed by atoms with Crippen molar-refractivity contribution in [2.45, 2.75) is 45.4 Å². The molecule has 0 bridgehead atoms. The molecule has 38 heavy (non-hydrogen) atoms. The summed E-state index contributed by atoms with van der Waals surface area (Å²) in [6, 6.07) is 16.5. The molecule has 0 radical (unpaired) electrons. The zero-order valence-corrected chi connectivity index (χ0v) is 22.2. The van der Waals surface area contributed by atoms with Gasteiger partial charge in [0.05, 0.1) is 6.54 Å². The van der Waals surface area contributed by atoms with Gasteiger partial charge in [0.15, 0.2) is 5.01 Å². The summed E-state index contributed by atoms with van der Waals surface area (Å²) >= 11 is 1.19. The van der Waals surface area contributed by atoms with E-state index in [-0.39, 0.29) is 31.3 Å². The number of hydrogen-bond donors (Lipinski definition) is 3. The van der Waals surface area contributed by atoms with Crippen LogP contribution >= 0.6 is 11.3 Å². The summed E-state index contributed by atoms with van der Waals surface area (Å²) in [4.78, 5) is 55.1. The molecule has 0 aliphatic heterocycles. The molecule has 0 spiro atoms. The number of ketones is 1. The lowest BCUT2D eigenvalue weighted by atomic mass is 10.0. The number of alkyl carbamates (subject to hydrolysis) is 1. The van der Waals surface area contributed by atoms with Crippen molar-refractivity contribution in [2.75, 3.05) is 6.54 Å². The third kappa shape index (κ3) is 9.44. The largest absolute Gasteiger partial charge is 0.445 e. The molecule has 0 fully saturated rings. The molecular formula is C28H32N4O5S. The fraction of sp³-hybridized carbons (Fsp3) is 0.321. The van der Waals surface area contributed by atoms with E-state index in [4.69, 9.17) is 4.74 Å². The van der Waals surface area contributed by atoms with Crippen LogP contribution < -0.4 is 16.0 Å². The molecule has 0 saturated carbocycles. The van der Waals surface area contributed by atoms with Crippen LogP contribution in [0.25, 0.3) is 0 Å². The van der Waals surface area contributed by atoms with Gasteiger partial charge in [-0.2, -0.15) is 0 Å². The van der Waals surface area contributed by atoms with Crippen molar-refractivity contribution in [3.8, 4) is 0 Å². The average Bonchev–Trinajstić information content (AvgIpc) is 3.46. The number of ether oxygens (including phenoxy) is 1. The summed E-state index contributed by atoms with van der Waals surface area (Å²) in [6.45, 7) is 3.67. The lowest BCUT2D eigenvalue weighted by Gasteiger charge is -2.24. The van der Waals surface area contributed by atoms with Gasteiger partial charge in [-0.05, 0) is 23.5 Å². The van der Waals surface area contributed by atoms with Crippen LogP contribution in [0.1, 0.15) is 41.2 Å². The first-order valence-corrected chi connectivity index (χ1v) is 13.2. The van der Waals surface area contributed by atoms with Crippen molar-refractivity contribution >= 4 is 35.0 Å².